The van der Waals surface area contributed by atoms with E-state index in [4.69, 9.17) is 10.2 Å². The van der Waals surface area contributed by atoms with Gasteiger partial charge in [0.25, 0.3) is 0 Å². The summed E-state index contributed by atoms with van der Waals surface area (Å²) >= 11 is 0.965. The Bertz CT molecular complexity index is 142. The van der Waals surface area contributed by atoms with Crippen LogP contribution in [0.2, 0.25) is 0 Å². The van der Waals surface area contributed by atoms with Crippen LogP contribution in [0.15, 0.2) is 0 Å². The molecule has 0 aromatic carbocycles. The normalized spacial score (nSPS) is 9.17. The molecule has 0 aromatic heterocycles. The molecule has 6 nitrogen and oxygen atoms in total. The van der Waals surface area contributed by atoms with Crippen LogP contribution in [0.3, 0.4) is 0 Å². The molecule has 0 rings (SSSR count). The number of carbonyl (C=O) groups excluding carboxylic acids is 2. The Balaban J connectivity index is 3.21. The fourth-order valence-corrected chi connectivity index (χ4v) is 1.09. The van der Waals surface area contributed by atoms with Gasteiger partial charge in [-0.25, -0.2) is 9.59 Å². The quantitative estimate of drug-likeness (QED) is 0.351. The molecule has 0 fully saturated rings. The third-order valence-corrected chi connectivity index (χ3v) is 1.68. The summed E-state index contributed by atoms with van der Waals surface area (Å²) in [5, 5.41) is 16.3. The second-order valence-electron chi connectivity index (χ2n) is 1.36. The van der Waals surface area contributed by atoms with Gasteiger partial charge in [-0.05, 0) is 0 Å². The van der Waals surface area contributed by atoms with E-state index in [2.05, 4.69) is 8.37 Å². The van der Waals surface area contributed by atoms with Crippen molar-refractivity contribution in [1.82, 2.24) is 0 Å². The van der Waals surface area contributed by atoms with Crippen molar-refractivity contribution in [2.24, 2.45) is 0 Å². The van der Waals surface area contributed by atoms with Crippen LogP contribution in [0.4, 0.5) is 0 Å². The summed E-state index contributed by atoms with van der Waals surface area (Å²) in [5.41, 5.74) is 0. The van der Waals surface area contributed by atoms with Crippen molar-refractivity contribution in [2.75, 3.05) is 13.2 Å². The van der Waals surface area contributed by atoms with E-state index >= 15 is 0 Å². The molecule has 0 radical (unpaired) electrons. The van der Waals surface area contributed by atoms with Crippen molar-refractivity contribution in [1.29, 1.82) is 0 Å². The summed E-state index contributed by atoms with van der Waals surface area (Å²) in [6.07, 6.45) is 0. The maximum Gasteiger partial charge on any atom is 0.344 e. The zero-order valence-corrected chi connectivity index (χ0v) is 7.39. The highest BCUT2D eigenvalue weighted by molar-refractivity contribution is 8.73. The van der Waals surface area contributed by atoms with Crippen molar-refractivity contribution >= 4 is 34.1 Å². The maximum atomic E-state index is 10.2. The molecule has 0 aromatic rings. The molecule has 0 aliphatic rings. The molecule has 0 amide bonds. The molecule has 0 saturated carbocycles. The minimum absolute atomic E-state index is 0.483. The van der Waals surface area contributed by atoms with Crippen LogP contribution in [-0.4, -0.2) is 35.4 Å². The lowest BCUT2D eigenvalue weighted by Crippen LogP contribution is -2.05. The van der Waals surface area contributed by atoms with E-state index in [1.807, 2.05) is 0 Å². The third kappa shape index (κ3) is 6.28. The van der Waals surface area contributed by atoms with Crippen LogP contribution >= 0.6 is 22.1 Å². The van der Waals surface area contributed by atoms with Crippen LogP contribution in [-0.2, 0) is 18.0 Å². The fourth-order valence-electron chi connectivity index (χ4n) is 0.156. The molecule has 0 unspecified atom stereocenters. The number of aliphatic hydroxyl groups is 2. The van der Waals surface area contributed by atoms with Gasteiger partial charge in [0.2, 0.25) is 0 Å². The van der Waals surface area contributed by atoms with E-state index in [0.717, 1.165) is 0 Å². The lowest BCUT2D eigenvalue weighted by molar-refractivity contribution is -0.137. The standard InChI is InChI=1S/C4H6O6S2/c5-1-3(7)9-11-12-10-4(8)2-6/h5-6H,1-2H2. The zero-order valence-electron chi connectivity index (χ0n) is 5.76. The fraction of sp³-hybridized carbons (Fsp3) is 0.500. The first-order valence-corrected chi connectivity index (χ1v) is 4.66. The van der Waals surface area contributed by atoms with Gasteiger partial charge in [0, 0.05) is 0 Å². The molecule has 8 heteroatoms. The highest BCUT2D eigenvalue weighted by Gasteiger charge is 2.04. The van der Waals surface area contributed by atoms with Crippen molar-refractivity contribution in [3.8, 4) is 0 Å². The Morgan fingerprint density at radius 3 is 1.58 bits per heavy atom. The van der Waals surface area contributed by atoms with Crippen molar-refractivity contribution in [3.05, 3.63) is 0 Å². The second-order valence-corrected chi connectivity index (χ2v) is 2.78. The predicted octanol–water partition coefficient (Wildman–Crippen LogP) is -0.731. The number of rotatable bonds is 5. The lowest BCUT2D eigenvalue weighted by atomic mass is 10.8. The molecule has 0 spiro atoms. The number of aliphatic hydroxyl groups excluding tert-OH is 2. The summed E-state index contributed by atoms with van der Waals surface area (Å²) in [6.45, 7) is -1.47. The lowest BCUT2D eigenvalue weighted by Gasteiger charge is -1.98. The van der Waals surface area contributed by atoms with Crippen LogP contribution in [0.1, 0.15) is 0 Å². The largest absolute Gasteiger partial charge is 0.385 e. The van der Waals surface area contributed by atoms with Crippen LogP contribution in [0, 0.1) is 0 Å². The van der Waals surface area contributed by atoms with E-state index in [-0.39, 0.29) is 0 Å². The molecule has 70 valence electrons. The molecule has 0 bridgehead atoms. The SMILES string of the molecule is O=C(CO)OSSOC(=O)CO. The van der Waals surface area contributed by atoms with E-state index in [1.165, 1.54) is 0 Å². The average Bonchev–Trinajstić information content (AvgIpc) is 2.11. The zero-order chi connectivity index (χ0) is 9.40. The summed E-state index contributed by atoms with van der Waals surface area (Å²) < 4.78 is 8.44. The van der Waals surface area contributed by atoms with Gasteiger partial charge in [-0.15, -0.1) is 0 Å². The topological polar surface area (TPSA) is 93.1 Å². The monoisotopic (exact) mass is 214 g/mol. The second kappa shape index (κ2) is 7.22. The molecular weight excluding hydrogens is 208 g/mol. The summed E-state index contributed by atoms with van der Waals surface area (Å²) in [6, 6.07) is 0. The van der Waals surface area contributed by atoms with E-state index < -0.39 is 25.2 Å². The van der Waals surface area contributed by atoms with Crippen molar-refractivity contribution in [3.63, 3.8) is 0 Å². The first-order chi connectivity index (χ1) is 5.70. The number of carbonyl (C=O) groups is 2. The predicted molar refractivity (Wildman–Crippen MR) is 41.5 cm³/mol. The van der Waals surface area contributed by atoms with Crippen LogP contribution < -0.4 is 0 Å². The molecule has 2 N–H and O–H groups in total. The number of hydrogen-bond acceptors (Lipinski definition) is 8. The van der Waals surface area contributed by atoms with Gasteiger partial charge in [-0.2, -0.15) is 0 Å². The van der Waals surface area contributed by atoms with Crippen LogP contribution in [0.25, 0.3) is 0 Å². The molecule has 0 atom stereocenters. The van der Waals surface area contributed by atoms with Gasteiger partial charge in [-0.1, -0.05) is 0 Å². The van der Waals surface area contributed by atoms with Gasteiger partial charge in [0.15, 0.2) is 22.1 Å². The third-order valence-electron chi connectivity index (χ3n) is 0.540. The summed E-state index contributed by atoms with van der Waals surface area (Å²) in [7, 11) is 0. The molecule has 0 heterocycles. The minimum Gasteiger partial charge on any atom is -0.385 e. The Labute approximate surface area is 76.0 Å². The Morgan fingerprint density at radius 2 is 1.33 bits per heavy atom. The maximum absolute atomic E-state index is 10.2. The number of hydrogen-bond donors (Lipinski definition) is 2. The van der Waals surface area contributed by atoms with E-state index in [1.54, 1.807) is 0 Å². The smallest absolute Gasteiger partial charge is 0.344 e. The van der Waals surface area contributed by atoms with Gasteiger partial charge in [0.1, 0.15) is 13.2 Å². The minimum atomic E-state index is -0.840. The van der Waals surface area contributed by atoms with E-state index in [0.29, 0.717) is 22.1 Å². The van der Waals surface area contributed by atoms with Gasteiger partial charge < -0.3 is 18.6 Å². The molecule has 12 heavy (non-hydrogen) atoms. The van der Waals surface area contributed by atoms with E-state index in [9.17, 15) is 9.59 Å². The van der Waals surface area contributed by atoms with Gasteiger partial charge in [-0.3, -0.25) is 0 Å². The molecule has 0 saturated heterocycles. The van der Waals surface area contributed by atoms with Crippen LogP contribution in [0.5, 0.6) is 0 Å². The Kier molecular flexibility index (Phi) is 6.96. The van der Waals surface area contributed by atoms with Gasteiger partial charge in [0.05, 0.1) is 0 Å². The Morgan fingerprint density at radius 1 is 1.00 bits per heavy atom. The molecule has 0 aliphatic carbocycles. The highest BCUT2D eigenvalue weighted by Crippen LogP contribution is 2.23. The first-order valence-electron chi connectivity index (χ1n) is 2.66. The van der Waals surface area contributed by atoms with Gasteiger partial charge >= 0.3 is 11.9 Å². The highest BCUT2D eigenvalue weighted by atomic mass is 33.1. The van der Waals surface area contributed by atoms with Crippen molar-refractivity contribution in [2.45, 2.75) is 0 Å². The summed E-state index contributed by atoms with van der Waals surface area (Å²) in [4.78, 5) is 20.5. The van der Waals surface area contributed by atoms with Crippen molar-refractivity contribution < 1.29 is 28.2 Å². The molecule has 0 aliphatic heterocycles. The average molecular weight is 214 g/mol. The Hall–Kier alpha value is -0.440. The molecular formula is C4H6O6S2. The first kappa shape index (κ1) is 11.6. The summed E-state index contributed by atoms with van der Waals surface area (Å²) in [5.74, 6) is -1.68.